The molecule has 1 amide bonds. The number of nitrogen functional groups attached to an aromatic ring is 1. The fourth-order valence-electron chi connectivity index (χ4n) is 2.16. The van der Waals surface area contributed by atoms with Crippen molar-refractivity contribution in [3.63, 3.8) is 0 Å². The Bertz CT molecular complexity index is 516. The van der Waals surface area contributed by atoms with Crippen LogP contribution in [0, 0.1) is 11.3 Å². The molecular formula is C13H17N5O. The highest BCUT2D eigenvalue weighted by molar-refractivity contribution is 5.85. The Morgan fingerprint density at radius 3 is 2.89 bits per heavy atom. The number of nitrogens with one attached hydrogen (secondary N) is 1. The van der Waals surface area contributed by atoms with E-state index < -0.39 is 6.04 Å². The molecule has 1 fully saturated rings. The van der Waals surface area contributed by atoms with Gasteiger partial charge in [0.15, 0.2) is 5.82 Å². The van der Waals surface area contributed by atoms with Gasteiger partial charge in [0.25, 0.3) is 0 Å². The number of carbonyl (C=O) groups excluding carboxylic acids is 1. The van der Waals surface area contributed by atoms with Crippen LogP contribution in [0.3, 0.4) is 0 Å². The normalized spacial score (nSPS) is 15.9. The van der Waals surface area contributed by atoms with Crippen molar-refractivity contribution in [3.8, 4) is 6.07 Å². The molecule has 1 aromatic rings. The molecule has 2 heterocycles. The Hall–Kier alpha value is -2.29. The van der Waals surface area contributed by atoms with Gasteiger partial charge in [0, 0.05) is 19.3 Å². The van der Waals surface area contributed by atoms with Crippen LogP contribution in [0.25, 0.3) is 0 Å². The van der Waals surface area contributed by atoms with Crippen LogP contribution in [0.4, 0.5) is 11.5 Å². The summed E-state index contributed by atoms with van der Waals surface area (Å²) in [5.41, 5.74) is 6.47. The van der Waals surface area contributed by atoms with E-state index in [0.717, 1.165) is 25.9 Å². The lowest BCUT2D eigenvalue weighted by atomic mass is 10.2. The molecule has 1 atom stereocenters. The third-order valence-corrected chi connectivity index (χ3v) is 3.25. The third kappa shape index (κ3) is 2.76. The van der Waals surface area contributed by atoms with Crippen molar-refractivity contribution < 1.29 is 4.79 Å². The monoisotopic (exact) mass is 259 g/mol. The van der Waals surface area contributed by atoms with Crippen LogP contribution >= 0.6 is 0 Å². The molecular weight excluding hydrogens is 242 g/mol. The van der Waals surface area contributed by atoms with Gasteiger partial charge in [-0.2, -0.15) is 5.26 Å². The van der Waals surface area contributed by atoms with Gasteiger partial charge < -0.3 is 16.0 Å². The topological polar surface area (TPSA) is 95.0 Å². The van der Waals surface area contributed by atoms with Gasteiger partial charge >= 0.3 is 0 Å². The average Bonchev–Trinajstić information content (AvgIpc) is 2.94. The third-order valence-electron chi connectivity index (χ3n) is 3.25. The summed E-state index contributed by atoms with van der Waals surface area (Å²) in [5, 5.41) is 11.9. The van der Waals surface area contributed by atoms with Crippen molar-refractivity contribution >= 4 is 17.4 Å². The van der Waals surface area contributed by atoms with E-state index in [-0.39, 0.29) is 11.6 Å². The van der Waals surface area contributed by atoms with Gasteiger partial charge in [0.1, 0.15) is 12.1 Å². The molecule has 0 bridgehead atoms. The van der Waals surface area contributed by atoms with E-state index in [0.29, 0.717) is 11.4 Å². The van der Waals surface area contributed by atoms with Crippen LogP contribution < -0.4 is 11.1 Å². The zero-order valence-corrected chi connectivity index (χ0v) is 10.9. The predicted octanol–water partition coefficient (Wildman–Crippen LogP) is 0.958. The molecule has 1 aliphatic heterocycles. The first-order valence-electron chi connectivity index (χ1n) is 6.33. The molecule has 0 spiro atoms. The van der Waals surface area contributed by atoms with Gasteiger partial charge in [-0.05, 0) is 25.8 Å². The molecule has 2 rings (SSSR count). The number of amides is 1. The van der Waals surface area contributed by atoms with E-state index >= 15 is 0 Å². The molecule has 1 aromatic heterocycles. The van der Waals surface area contributed by atoms with Crippen LogP contribution in [0.15, 0.2) is 12.3 Å². The number of aromatic nitrogens is 1. The summed E-state index contributed by atoms with van der Waals surface area (Å²) in [5.74, 6) is 0.431. The zero-order valence-electron chi connectivity index (χ0n) is 10.9. The minimum Gasteiger partial charge on any atom is -0.395 e. The number of nitrogens with zero attached hydrogens (tertiary/aromatic N) is 3. The van der Waals surface area contributed by atoms with Crippen molar-refractivity contribution in [2.45, 2.75) is 25.8 Å². The lowest BCUT2D eigenvalue weighted by Gasteiger charge is -2.22. The summed E-state index contributed by atoms with van der Waals surface area (Å²) in [7, 11) is 0. The summed E-state index contributed by atoms with van der Waals surface area (Å²) >= 11 is 0. The van der Waals surface area contributed by atoms with Gasteiger partial charge in [0.2, 0.25) is 5.91 Å². The molecule has 100 valence electrons. The maximum Gasteiger partial charge on any atom is 0.244 e. The smallest absolute Gasteiger partial charge is 0.244 e. The van der Waals surface area contributed by atoms with Crippen LogP contribution in [0.1, 0.15) is 25.3 Å². The molecule has 0 saturated carbocycles. The maximum absolute atomic E-state index is 12.1. The second-order valence-electron chi connectivity index (χ2n) is 4.63. The maximum atomic E-state index is 12.1. The first-order chi connectivity index (χ1) is 9.13. The zero-order chi connectivity index (χ0) is 13.8. The van der Waals surface area contributed by atoms with Gasteiger partial charge in [-0.25, -0.2) is 4.98 Å². The number of hydrogen-bond donors (Lipinski definition) is 2. The number of likely N-dealkylation sites (tertiary alicyclic amines) is 1. The van der Waals surface area contributed by atoms with E-state index in [1.165, 1.54) is 6.20 Å². The molecule has 0 radical (unpaired) electrons. The Labute approximate surface area is 112 Å². The number of carbonyl (C=O) groups is 1. The SMILES string of the molecule is CC(Nc1nccc(C#N)c1N)C(=O)N1CCCC1. The number of pyridine rings is 1. The van der Waals surface area contributed by atoms with Crippen LogP contribution in [-0.2, 0) is 4.79 Å². The summed E-state index contributed by atoms with van der Waals surface area (Å²) in [6.07, 6.45) is 3.62. The van der Waals surface area contributed by atoms with Crippen molar-refractivity contribution in [1.29, 1.82) is 5.26 Å². The lowest BCUT2D eigenvalue weighted by Crippen LogP contribution is -2.39. The van der Waals surface area contributed by atoms with Crippen molar-refractivity contribution in [1.82, 2.24) is 9.88 Å². The van der Waals surface area contributed by atoms with E-state index in [1.54, 1.807) is 13.0 Å². The van der Waals surface area contributed by atoms with Gasteiger partial charge in [0.05, 0.1) is 11.3 Å². The van der Waals surface area contributed by atoms with E-state index in [4.69, 9.17) is 11.0 Å². The fraction of sp³-hybridized carbons (Fsp3) is 0.462. The highest BCUT2D eigenvalue weighted by Crippen LogP contribution is 2.20. The number of hydrogen-bond acceptors (Lipinski definition) is 5. The number of anilines is 2. The second kappa shape index (κ2) is 5.57. The number of nitriles is 1. The van der Waals surface area contributed by atoms with Crippen molar-refractivity contribution in [2.24, 2.45) is 0 Å². The van der Waals surface area contributed by atoms with E-state index in [2.05, 4.69) is 10.3 Å². The Morgan fingerprint density at radius 2 is 2.26 bits per heavy atom. The summed E-state index contributed by atoms with van der Waals surface area (Å²) in [6.45, 7) is 3.40. The molecule has 19 heavy (non-hydrogen) atoms. The predicted molar refractivity (Wildman–Crippen MR) is 72.3 cm³/mol. The van der Waals surface area contributed by atoms with E-state index in [9.17, 15) is 4.79 Å². The lowest BCUT2D eigenvalue weighted by molar-refractivity contribution is -0.130. The molecule has 6 nitrogen and oxygen atoms in total. The van der Waals surface area contributed by atoms with E-state index in [1.807, 2.05) is 11.0 Å². The van der Waals surface area contributed by atoms with Crippen molar-refractivity contribution in [2.75, 3.05) is 24.1 Å². The van der Waals surface area contributed by atoms with Crippen LogP contribution in [0.2, 0.25) is 0 Å². The molecule has 0 aromatic carbocycles. The Morgan fingerprint density at radius 1 is 1.58 bits per heavy atom. The summed E-state index contributed by atoms with van der Waals surface area (Å²) in [6, 6.07) is 3.14. The molecule has 1 aliphatic rings. The highest BCUT2D eigenvalue weighted by Gasteiger charge is 2.23. The quantitative estimate of drug-likeness (QED) is 0.843. The standard InChI is InChI=1S/C13H17N5O/c1-9(13(19)18-6-2-3-7-18)17-12-11(15)10(8-14)4-5-16-12/h4-5,9H,2-3,6-7,15H2,1H3,(H,16,17). The fourth-order valence-corrected chi connectivity index (χ4v) is 2.16. The highest BCUT2D eigenvalue weighted by atomic mass is 16.2. The minimum atomic E-state index is -0.401. The number of nitrogens with two attached hydrogens (primary N) is 1. The van der Waals surface area contributed by atoms with Gasteiger partial charge in [-0.15, -0.1) is 0 Å². The molecule has 0 aliphatic carbocycles. The van der Waals surface area contributed by atoms with Crippen LogP contribution in [-0.4, -0.2) is 34.9 Å². The summed E-state index contributed by atoms with van der Waals surface area (Å²) in [4.78, 5) is 18.1. The molecule has 3 N–H and O–H groups in total. The first-order valence-corrected chi connectivity index (χ1v) is 6.33. The largest absolute Gasteiger partial charge is 0.395 e. The Balaban J connectivity index is 2.08. The molecule has 1 unspecified atom stereocenters. The Kier molecular flexibility index (Phi) is 3.85. The molecule has 6 heteroatoms. The van der Waals surface area contributed by atoms with Crippen LogP contribution in [0.5, 0.6) is 0 Å². The second-order valence-corrected chi connectivity index (χ2v) is 4.63. The summed E-state index contributed by atoms with van der Waals surface area (Å²) < 4.78 is 0. The molecule has 1 saturated heterocycles. The minimum absolute atomic E-state index is 0.0426. The first kappa shape index (κ1) is 13.1. The van der Waals surface area contributed by atoms with Gasteiger partial charge in [-0.1, -0.05) is 0 Å². The van der Waals surface area contributed by atoms with Crippen molar-refractivity contribution in [3.05, 3.63) is 17.8 Å². The number of rotatable bonds is 3. The van der Waals surface area contributed by atoms with Gasteiger partial charge in [-0.3, -0.25) is 4.79 Å². The average molecular weight is 259 g/mol.